The van der Waals surface area contributed by atoms with Crippen LogP contribution in [-0.2, 0) is 26.2 Å². The Balaban J connectivity index is 2.08. The van der Waals surface area contributed by atoms with Crippen LogP contribution in [-0.4, -0.2) is 50.9 Å². The maximum Gasteiger partial charge on any atom is 0.264 e. The first-order valence-corrected chi connectivity index (χ1v) is 15.3. The van der Waals surface area contributed by atoms with Crippen molar-refractivity contribution in [2.45, 2.75) is 50.7 Å². The highest BCUT2D eigenvalue weighted by molar-refractivity contribution is 9.10. The number of benzene rings is 3. The molecule has 0 fully saturated rings. The molecule has 11 heteroatoms. The van der Waals surface area contributed by atoms with Crippen LogP contribution >= 0.6 is 27.5 Å². The van der Waals surface area contributed by atoms with Gasteiger partial charge in [0.05, 0.1) is 17.7 Å². The second-order valence-corrected chi connectivity index (χ2v) is 12.5. The third-order valence-electron chi connectivity index (χ3n) is 6.43. The van der Waals surface area contributed by atoms with Crippen molar-refractivity contribution >= 4 is 55.1 Å². The number of hydrogen-bond donors (Lipinski definition) is 1. The van der Waals surface area contributed by atoms with Gasteiger partial charge in [-0.05, 0) is 68.3 Å². The van der Waals surface area contributed by atoms with Crippen molar-refractivity contribution in [3.05, 3.63) is 87.9 Å². The fourth-order valence-electron chi connectivity index (χ4n) is 3.97. The van der Waals surface area contributed by atoms with Crippen molar-refractivity contribution in [2.24, 2.45) is 0 Å². The summed E-state index contributed by atoms with van der Waals surface area (Å²) < 4.78 is 35.1. The molecule has 3 rings (SSSR count). The molecule has 40 heavy (non-hydrogen) atoms. The highest BCUT2D eigenvalue weighted by Gasteiger charge is 2.34. The van der Waals surface area contributed by atoms with E-state index in [2.05, 4.69) is 21.2 Å². The molecule has 0 saturated carbocycles. The molecule has 0 aliphatic heterocycles. The molecule has 2 atom stereocenters. The summed E-state index contributed by atoms with van der Waals surface area (Å²) in [5.74, 6) is -0.693. The molecule has 214 valence electrons. The summed E-state index contributed by atoms with van der Waals surface area (Å²) in [7, 11) is -2.84. The number of rotatable bonds is 12. The minimum Gasteiger partial charge on any atom is -0.495 e. The van der Waals surface area contributed by atoms with E-state index >= 15 is 0 Å². The number of halogens is 2. The van der Waals surface area contributed by atoms with E-state index in [0.29, 0.717) is 0 Å². The lowest BCUT2D eigenvalue weighted by molar-refractivity contribution is -0.139. The molecule has 1 N–H and O–H groups in total. The molecule has 3 aromatic carbocycles. The Bertz CT molecular complexity index is 1440. The summed E-state index contributed by atoms with van der Waals surface area (Å²) in [6.45, 7) is 4.95. The lowest BCUT2D eigenvalue weighted by Crippen LogP contribution is -2.52. The molecule has 2 unspecified atom stereocenters. The molecular weight excluding hydrogens is 618 g/mol. The van der Waals surface area contributed by atoms with Gasteiger partial charge in [0.15, 0.2) is 0 Å². The number of hydrogen-bond acceptors (Lipinski definition) is 5. The zero-order chi connectivity index (χ0) is 29.4. The molecule has 3 aromatic rings. The van der Waals surface area contributed by atoms with Gasteiger partial charge in [-0.1, -0.05) is 64.8 Å². The quantitative estimate of drug-likeness (QED) is 0.274. The van der Waals surface area contributed by atoms with Crippen molar-refractivity contribution in [1.29, 1.82) is 0 Å². The fraction of sp³-hybridized carbons (Fsp3) is 0.310. The fourth-order valence-corrected chi connectivity index (χ4v) is 6.02. The van der Waals surface area contributed by atoms with Gasteiger partial charge in [-0.25, -0.2) is 8.42 Å². The Hall–Kier alpha value is -3.08. The lowest BCUT2D eigenvalue weighted by Gasteiger charge is -2.33. The molecule has 8 nitrogen and oxygen atoms in total. The number of carbonyl (C=O) groups is 2. The topological polar surface area (TPSA) is 96.0 Å². The van der Waals surface area contributed by atoms with Gasteiger partial charge >= 0.3 is 0 Å². The number of nitrogens with one attached hydrogen (secondary N) is 1. The average Bonchev–Trinajstić information content (AvgIpc) is 2.94. The largest absolute Gasteiger partial charge is 0.495 e. The van der Waals surface area contributed by atoms with Gasteiger partial charge in [0.1, 0.15) is 18.3 Å². The number of carbonyl (C=O) groups excluding carboxylic acids is 2. The number of amides is 2. The summed E-state index contributed by atoms with van der Waals surface area (Å²) in [4.78, 5) is 28.6. The van der Waals surface area contributed by atoms with Crippen LogP contribution in [0, 0.1) is 0 Å². The molecule has 2 amide bonds. The van der Waals surface area contributed by atoms with Gasteiger partial charge in [0.2, 0.25) is 11.8 Å². The van der Waals surface area contributed by atoms with E-state index in [4.69, 9.17) is 16.3 Å². The maximum atomic E-state index is 14.0. The van der Waals surface area contributed by atoms with Gasteiger partial charge in [-0.3, -0.25) is 13.9 Å². The van der Waals surface area contributed by atoms with Crippen LogP contribution in [0.4, 0.5) is 5.69 Å². The van der Waals surface area contributed by atoms with Gasteiger partial charge in [0, 0.05) is 22.1 Å². The van der Waals surface area contributed by atoms with Gasteiger partial charge in [-0.2, -0.15) is 0 Å². The van der Waals surface area contributed by atoms with Crippen LogP contribution in [0.25, 0.3) is 0 Å². The predicted molar refractivity (Wildman–Crippen MR) is 161 cm³/mol. The van der Waals surface area contributed by atoms with E-state index in [0.717, 1.165) is 20.8 Å². The van der Waals surface area contributed by atoms with Crippen LogP contribution in [0.3, 0.4) is 0 Å². The van der Waals surface area contributed by atoms with E-state index < -0.39 is 28.5 Å². The van der Waals surface area contributed by atoms with Crippen LogP contribution in [0.1, 0.15) is 32.8 Å². The Kier molecular flexibility index (Phi) is 11.0. The molecule has 0 radical (unpaired) electrons. The van der Waals surface area contributed by atoms with Crippen LogP contribution in [0.5, 0.6) is 5.75 Å². The van der Waals surface area contributed by atoms with E-state index in [1.54, 1.807) is 31.2 Å². The normalized spacial score (nSPS) is 12.8. The van der Waals surface area contributed by atoms with E-state index in [9.17, 15) is 18.0 Å². The summed E-state index contributed by atoms with van der Waals surface area (Å²) in [6.07, 6.45) is 0.718. The Morgan fingerprint density at radius 1 is 1.02 bits per heavy atom. The minimum absolute atomic E-state index is 0.00840. The van der Waals surface area contributed by atoms with Crippen molar-refractivity contribution in [3.8, 4) is 5.75 Å². The first kappa shape index (κ1) is 31.4. The summed E-state index contributed by atoms with van der Waals surface area (Å²) in [5.41, 5.74) is 0.870. The second-order valence-electron chi connectivity index (χ2n) is 9.29. The predicted octanol–water partition coefficient (Wildman–Crippen LogP) is 5.64. The lowest BCUT2D eigenvalue weighted by atomic mass is 10.1. The average molecular weight is 651 g/mol. The molecule has 0 aromatic heterocycles. The zero-order valence-corrected chi connectivity index (χ0v) is 26.0. The van der Waals surface area contributed by atoms with Gasteiger partial charge < -0.3 is 15.0 Å². The van der Waals surface area contributed by atoms with E-state index in [1.165, 1.54) is 36.3 Å². The maximum absolute atomic E-state index is 14.0. The highest BCUT2D eigenvalue weighted by Crippen LogP contribution is 2.35. The van der Waals surface area contributed by atoms with Crippen LogP contribution < -0.4 is 14.4 Å². The van der Waals surface area contributed by atoms with Gasteiger partial charge in [0.25, 0.3) is 10.0 Å². The highest BCUT2D eigenvalue weighted by atomic mass is 79.9. The Morgan fingerprint density at radius 2 is 1.73 bits per heavy atom. The minimum atomic E-state index is -4.24. The number of methoxy groups -OCH3 is 1. The number of anilines is 1. The monoisotopic (exact) mass is 649 g/mol. The number of sulfonamides is 1. The second kappa shape index (κ2) is 14.0. The molecule has 0 aliphatic rings. The Morgan fingerprint density at radius 3 is 2.35 bits per heavy atom. The van der Waals surface area contributed by atoms with Crippen LogP contribution in [0.15, 0.2) is 82.2 Å². The first-order chi connectivity index (χ1) is 19.0. The SMILES string of the molecule is CCC(C)NC(=O)C(C)N(Cc1cccc(Br)c1)C(=O)CN(c1cc(Cl)ccc1OC)S(=O)(=O)c1ccccc1. The smallest absolute Gasteiger partial charge is 0.264 e. The van der Waals surface area contributed by atoms with Crippen molar-refractivity contribution in [1.82, 2.24) is 10.2 Å². The number of ether oxygens (including phenoxy) is 1. The summed E-state index contributed by atoms with van der Waals surface area (Å²) in [5, 5.41) is 3.18. The third kappa shape index (κ3) is 7.77. The molecule has 0 aliphatic carbocycles. The first-order valence-electron chi connectivity index (χ1n) is 12.7. The molecule has 0 heterocycles. The van der Waals surface area contributed by atoms with E-state index in [1.807, 2.05) is 38.1 Å². The molecular formula is C29H33BrClN3O5S. The molecule has 0 spiro atoms. The van der Waals surface area contributed by atoms with Crippen molar-refractivity contribution < 1.29 is 22.7 Å². The number of nitrogens with zero attached hydrogens (tertiary/aromatic N) is 2. The van der Waals surface area contributed by atoms with Crippen LogP contribution in [0.2, 0.25) is 5.02 Å². The summed E-state index contributed by atoms with van der Waals surface area (Å²) in [6, 6.07) is 18.7. The third-order valence-corrected chi connectivity index (χ3v) is 8.93. The molecule has 0 saturated heterocycles. The Labute approximate surface area is 249 Å². The van der Waals surface area contributed by atoms with E-state index in [-0.39, 0.29) is 39.8 Å². The molecule has 0 bridgehead atoms. The standard InChI is InChI=1S/C29H33BrClN3O5S/c1-5-20(2)32-29(36)21(3)33(18-22-10-9-11-23(30)16-22)28(35)19-34(26-17-24(31)14-15-27(26)39-4)40(37,38)25-12-7-6-8-13-25/h6-17,20-21H,5,18-19H2,1-4H3,(H,32,36). The summed E-state index contributed by atoms with van der Waals surface area (Å²) >= 11 is 9.71. The van der Waals surface area contributed by atoms with Gasteiger partial charge in [-0.15, -0.1) is 0 Å². The van der Waals surface area contributed by atoms with Crippen molar-refractivity contribution in [3.63, 3.8) is 0 Å². The van der Waals surface area contributed by atoms with Crippen molar-refractivity contribution in [2.75, 3.05) is 18.0 Å². The zero-order valence-electron chi connectivity index (χ0n) is 22.8.